The van der Waals surface area contributed by atoms with Crippen LogP contribution in [0.4, 0.5) is 0 Å². The molecular weight excluding hydrogens is 316 g/mol. The van der Waals surface area contributed by atoms with Gasteiger partial charge in [-0.15, -0.1) is 10.2 Å². The molecule has 0 unspecified atom stereocenters. The van der Waals surface area contributed by atoms with E-state index in [-0.39, 0.29) is 5.54 Å². The number of imidazole rings is 1. The number of fused-ring (bicyclic) bond motifs is 3. The Bertz CT molecular complexity index is 844. The highest BCUT2D eigenvalue weighted by atomic mass is 15.4. The summed E-state index contributed by atoms with van der Waals surface area (Å²) < 4.78 is 3.76. The van der Waals surface area contributed by atoms with Crippen LogP contribution in [-0.2, 0) is 5.54 Å². The summed E-state index contributed by atoms with van der Waals surface area (Å²) in [7, 11) is 0. The molecule has 130 valence electrons. The summed E-state index contributed by atoms with van der Waals surface area (Å²) in [4.78, 5) is 11.2. The molecule has 1 saturated heterocycles. The Balaban J connectivity index is 1.89. The fourth-order valence-electron chi connectivity index (χ4n) is 3.94. The topological polar surface area (TPSA) is 90.1 Å². The zero-order chi connectivity index (χ0) is 17.4. The lowest BCUT2D eigenvalue weighted by Gasteiger charge is -2.51. The van der Waals surface area contributed by atoms with Crippen molar-refractivity contribution in [1.82, 2.24) is 29.2 Å². The monoisotopic (exact) mass is 338 g/mol. The van der Waals surface area contributed by atoms with Gasteiger partial charge in [-0.1, -0.05) is 13.5 Å². The molecule has 1 atom stereocenters. The van der Waals surface area contributed by atoms with Gasteiger partial charge in [-0.05, 0) is 25.7 Å². The highest BCUT2D eigenvalue weighted by molar-refractivity contribution is 6.19. The molecule has 2 N–H and O–H groups in total. The summed E-state index contributed by atoms with van der Waals surface area (Å²) in [6.07, 6.45) is 12.7. The van der Waals surface area contributed by atoms with Gasteiger partial charge >= 0.3 is 0 Å². The number of piperidine rings is 1. The SMILES string of the molecule is C=C(/N=C1\C(=C/N)n2cnnc2[C@]2(CC)CCCCN12)n1ccnc1. The molecule has 2 aromatic rings. The number of hydrogen-bond donors (Lipinski definition) is 1. The molecular formula is C17H22N8. The van der Waals surface area contributed by atoms with Gasteiger partial charge in [0.2, 0.25) is 0 Å². The molecule has 0 spiro atoms. The van der Waals surface area contributed by atoms with Crippen molar-refractivity contribution in [3.63, 3.8) is 0 Å². The van der Waals surface area contributed by atoms with Crippen LogP contribution in [0.5, 0.6) is 0 Å². The van der Waals surface area contributed by atoms with Crippen LogP contribution in [0.15, 0.2) is 42.8 Å². The van der Waals surface area contributed by atoms with E-state index in [1.807, 2.05) is 10.8 Å². The summed E-state index contributed by atoms with van der Waals surface area (Å²) >= 11 is 0. The molecule has 0 saturated carbocycles. The number of rotatable bonds is 3. The van der Waals surface area contributed by atoms with Gasteiger partial charge in [0.15, 0.2) is 11.7 Å². The predicted octanol–water partition coefficient (Wildman–Crippen LogP) is 1.86. The first-order valence-electron chi connectivity index (χ1n) is 8.58. The second-order valence-corrected chi connectivity index (χ2v) is 6.39. The van der Waals surface area contributed by atoms with Crippen molar-refractivity contribution in [3.05, 3.63) is 43.7 Å². The minimum atomic E-state index is -0.199. The molecule has 4 heterocycles. The Morgan fingerprint density at radius 1 is 1.44 bits per heavy atom. The molecule has 0 radical (unpaired) electrons. The maximum Gasteiger partial charge on any atom is 0.163 e. The van der Waals surface area contributed by atoms with Crippen LogP contribution in [0.1, 0.15) is 38.4 Å². The van der Waals surface area contributed by atoms with Crippen molar-refractivity contribution in [2.24, 2.45) is 10.7 Å². The molecule has 1 fully saturated rings. The molecule has 0 aromatic carbocycles. The zero-order valence-electron chi connectivity index (χ0n) is 14.3. The Morgan fingerprint density at radius 3 is 3.04 bits per heavy atom. The third-order valence-electron chi connectivity index (χ3n) is 5.23. The minimum Gasteiger partial charge on any atom is -0.403 e. The molecule has 8 heteroatoms. The summed E-state index contributed by atoms with van der Waals surface area (Å²) in [6, 6.07) is 0. The fraction of sp³-hybridized carbons (Fsp3) is 0.412. The zero-order valence-corrected chi connectivity index (χ0v) is 14.3. The van der Waals surface area contributed by atoms with Crippen molar-refractivity contribution in [3.8, 4) is 0 Å². The van der Waals surface area contributed by atoms with Gasteiger partial charge in [0.1, 0.15) is 29.7 Å². The number of hydrogen-bond acceptors (Lipinski definition) is 5. The molecule has 8 nitrogen and oxygen atoms in total. The number of aromatic nitrogens is 5. The minimum absolute atomic E-state index is 0.199. The van der Waals surface area contributed by atoms with Gasteiger partial charge in [0.25, 0.3) is 0 Å². The van der Waals surface area contributed by atoms with Crippen molar-refractivity contribution < 1.29 is 0 Å². The lowest BCUT2D eigenvalue weighted by molar-refractivity contribution is 0.0956. The van der Waals surface area contributed by atoms with Gasteiger partial charge in [-0.25, -0.2) is 9.98 Å². The molecule has 2 aliphatic rings. The van der Waals surface area contributed by atoms with Crippen LogP contribution in [-0.4, -0.2) is 41.6 Å². The van der Waals surface area contributed by atoms with Gasteiger partial charge in [-0.3, -0.25) is 9.13 Å². The number of amidine groups is 1. The highest BCUT2D eigenvalue weighted by Crippen LogP contribution is 2.44. The normalized spacial score (nSPS) is 25.9. The fourth-order valence-corrected chi connectivity index (χ4v) is 3.94. The first-order valence-corrected chi connectivity index (χ1v) is 8.58. The highest BCUT2D eigenvalue weighted by Gasteiger charge is 2.49. The Hall–Kier alpha value is -2.90. The van der Waals surface area contributed by atoms with E-state index in [1.165, 1.54) is 0 Å². The average molecular weight is 338 g/mol. The van der Waals surface area contributed by atoms with Crippen molar-refractivity contribution in [2.45, 2.75) is 38.1 Å². The van der Waals surface area contributed by atoms with Gasteiger partial charge < -0.3 is 10.6 Å². The Labute approximate surface area is 146 Å². The van der Waals surface area contributed by atoms with Crippen LogP contribution < -0.4 is 5.73 Å². The molecule has 2 aromatic heterocycles. The molecule has 4 rings (SSSR count). The average Bonchev–Trinajstić information content (AvgIpc) is 3.33. The van der Waals surface area contributed by atoms with E-state index in [0.717, 1.165) is 49.6 Å². The lowest BCUT2D eigenvalue weighted by atomic mass is 9.81. The van der Waals surface area contributed by atoms with Crippen molar-refractivity contribution in [1.29, 1.82) is 0 Å². The second kappa shape index (κ2) is 5.87. The Morgan fingerprint density at radius 2 is 2.32 bits per heavy atom. The van der Waals surface area contributed by atoms with Gasteiger partial charge in [0, 0.05) is 25.1 Å². The molecule has 2 aliphatic heterocycles. The summed E-state index contributed by atoms with van der Waals surface area (Å²) in [5.41, 5.74) is 6.56. The van der Waals surface area contributed by atoms with E-state index in [4.69, 9.17) is 10.7 Å². The van der Waals surface area contributed by atoms with E-state index < -0.39 is 0 Å². The predicted molar refractivity (Wildman–Crippen MR) is 96.0 cm³/mol. The first-order chi connectivity index (χ1) is 12.2. The number of nitrogens with zero attached hydrogens (tertiary/aromatic N) is 7. The summed E-state index contributed by atoms with van der Waals surface area (Å²) in [6.45, 7) is 7.19. The lowest BCUT2D eigenvalue weighted by Crippen LogP contribution is -2.57. The number of nitrogens with two attached hydrogens (primary N) is 1. The van der Waals surface area contributed by atoms with Crippen LogP contribution >= 0.6 is 0 Å². The van der Waals surface area contributed by atoms with E-state index >= 15 is 0 Å². The maximum atomic E-state index is 5.97. The third-order valence-corrected chi connectivity index (χ3v) is 5.23. The van der Waals surface area contributed by atoms with Crippen LogP contribution in [0.25, 0.3) is 11.5 Å². The quantitative estimate of drug-likeness (QED) is 0.922. The summed E-state index contributed by atoms with van der Waals surface area (Å²) in [5, 5.41) is 8.57. The van der Waals surface area contributed by atoms with Crippen molar-refractivity contribution >= 4 is 17.4 Å². The molecule has 25 heavy (non-hydrogen) atoms. The second-order valence-electron chi connectivity index (χ2n) is 6.39. The van der Waals surface area contributed by atoms with E-state index in [9.17, 15) is 0 Å². The van der Waals surface area contributed by atoms with Crippen LogP contribution in [0.3, 0.4) is 0 Å². The smallest absolute Gasteiger partial charge is 0.163 e. The van der Waals surface area contributed by atoms with Crippen LogP contribution in [0.2, 0.25) is 0 Å². The largest absolute Gasteiger partial charge is 0.403 e. The molecule has 0 aliphatic carbocycles. The van der Waals surface area contributed by atoms with Crippen molar-refractivity contribution in [2.75, 3.05) is 6.54 Å². The molecule has 0 bridgehead atoms. The van der Waals surface area contributed by atoms with Gasteiger partial charge in [0.05, 0.1) is 0 Å². The third kappa shape index (κ3) is 2.20. The van der Waals surface area contributed by atoms with Gasteiger partial charge in [-0.2, -0.15) is 0 Å². The standard InChI is InChI=1S/C17H22N8/c1-3-17-6-4-5-8-25(17)15(21-13(2)23-9-7-19-11-23)14(10-18)24-12-20-22-16(17)24/h7,9-12H,2-6,8,18H2,1H3/b14-10+,21-15+/t17-/m0/s1. The summed E-state index contributed by atoms with van der Waals surface area (Å²) in [5.74, 6) is 2.35. The number of aliphatic imine (C=N–C) groups is 1. The van der Waals surface area contributed by atoms with E-state index in [2.05, 4.69) is 33.6 Å². The van der Waals surface area contributed by atoms with E-state index in [1.54, 1.807) is 29.6 Å². The molecule has 0 amide bonds. The van der Waals surface area contributed by atoms with E-state index in [0.29, 0.717) is 5.82 Å². The maximum absolute atomic E-state index is 5.97. The van der Waals surface area contributed by atoms with Crippen LogP contribution in [0, 0.1) is 0 Å². The Kier molecular flexibility index (Phi) is 3.67. The first kappa shape index (κ1) is 15.6.